The van der Waals surface area contributed by atoms with E-state index in [1.165, 1.54) is 0 Å². The SMILES string of the molecule is O=C(O)[C@@H]1C[C@H]2C[C@@H](Oc3cc(-n4cccn4)ccc3-c3nn[nH]n3)CC[C@H]2CN1. The molecule has 10 nitrogen and oxygen atoms in total. The van der Waals surface area contributed by atoms with Crippen LogP contribution in [0.3, 0.4) is 0 Å². The van der Waals surface area contributed by atoms with Crippen LogP contribution in [-0.2, 0) is 4.79 Å². The third-order valence-corrected chi connectivity index (χ3v) is 6.17. The van der Waals surface area contributed by atoms with E-state index >= 15 is 0 Å². The number of carboxylic acids is 1. The number of aromatic nitrogens is 6. The Kier molecular flexibility index (Phi) is 4.91. The minimum absolute atomic E-state index is 0.0114. The predicted molar refractivity (Wildman–Crippen MR) is 106 cm³/mol. The quantitative estimate of drug-likeness (QED) is 0.580. The van der Waals surface area contributed by atoms with Crippen molar-refractivity contribution >= 4 is 5.97 Å². The van der Waals surface area contributed by atoms with Gasteiger partial charge in [-0.1, -0.05) is 0 Å². The molecule has 2 aliphatic rings. The van der Waals surface area contributed by atoms with Gasteiger partial charge >= 0.3 is 5.97 Å². The molecular weight excluding hydrogens is 386 g/mol. The number of piperidine rings is 1. The molecule has 1 saturated heterocycles. The summed E-state index contributed by atoms with van der Waals surface area (Å²) in [5, 5.41) is 31.2. The van der Waals surface area contributed by atoms with Gasteiger partial charge < -0.3 is 15.2 Å². The smallest absolute Gasteiger partial charge is 0.320 e. The first-order chi connectivity index (χ1) is 14.7. The second-order valence-corrected chi connectivity index (χ2v) is 7.97. The van der Waals surface area contributed by atoms with Gasteiger partial charge in [-0.25, -0.2) is 4.68 Å². The van der Waals surface area contributed by atoms with Crippen LogP contribution in [0.1, 0.15) is 25.7 Å². The first kappa shape index (κ1) is 18.7. The standard InChI is InChI=1S/C20H23N7O3/c28-20(29)17-9-13-8-15(4-2-12(13)11-21-17)30-18-10-14(27-7-1-6-22-27)3-5-16(18)19-23-25-26-24-19/h1,3,5-7,10,12-13,15,17,21H,2,4,8-9,11H2,(H,28,29)(H,23,24,25,26)/t12-,13+,15-,17-/m0/s1. The van der Waals surface area contributed by atoms with Crippen LogP contribution in [0.15, 0.2) is 36.7 Å². The predicted octanol–water partition coefficient (Wildman–Crippen LogP) is 1.66. The van der Waals surface area contributed by atoms with Crippen LogP contribution >= 0.6 is 0 Å². The molecule has 0 spiro atoms. The molecule has 1 aliphatic carbocycles. The fourth-order valence-corrected chi connectivity index (χ4v) is 4.63. The van der Waals surface area contributed by atoms with E-state index in [0.29, 0.717) is 29.8 Å². The van der Waals surface area contributed by atoms with Crippen molar-refractivity contribution < 1.29 is 14.6 Å². The summed E-state index contributed by atoms with van der Waals surface area (Å²) in [6, 6.07) is 7.18. The minimum atomic E-state index is -0.775. The number of hydrogen-bond donors (Lipinski definition) is 3. The first-order valence-electron chi connectivity index (χ1n) is 10.2. The lowest BCUT2D eigenvalue weighted by atomic mass is 9.72. The van der Waals surface area contributed by atoms with Crippen molar-refractivity contribution in [2.75, 3.05) is 6.54 Å². The first-order valence-corrected chi connectivity index (χ1v) is 10.2. The molecule has 0 radical (unpaired) electrons. The lowest BCUT2D eigenvalue weighted by Gasteiger charge is -2.41. The Bertz CT molecular complexity index is 1010. The van der Waals surface area contributed by atoms with E-state index in [4.69, 9.17) is 4.74 Å². The number of aliphatic carboxylic acids is 1. The van der Waals surface area contributed by atoms with Crippen molar-refractivity contribution in [3.8, 4) is 22.8 Å². The summed E-state index contributed by atoms with van der Waals surface area (Å²) in [5.74, 6) is 1.22. The number of aromatic amines is 1. The third kappa shape index (κ3) is 3.65. The molecule has 2 fully saturated rings. The van der Waals surface area contributed by atoms with Gasteiger partial charge in [0, 0.05) is 18.5 Å². The molecule has 3 N–H and O–H groups in total. The minimum Gasteiger partial charge on any atom is -0.490 e. The van der Waals surface area contributed by atoms with E-state index in [9.17, 15) is 9.90 Å². The van der Waals surface area contributed by atoms with Gasteiger partial charge in [0.05, 0.1) is 17.4 Å². The van der Waals surface area contributed by atoms with Crippen LogP contribution in [-0.4, -0.2) is 60.2 Å². The second-order valence-electron chi connectivity index (χ2n) is 7.97. The van der Waals surface area contributed by atoms with Gasteiger partial charge in [-0.05, 0) is 67.5 Å². The average Bonchev–Trinajstić information content (AvgIpc) is 3.47. The van der Waals surface area contributed by atoms with Gasteiger partial charge in [0.1, 0.15) is 11.8 Å². The molecule has 3 heterocycles. The number of fused-ring (bicyclic) bond motifs is 1. The number of ether oxygens (including phenoxy) is 1. The Hall–Kier alpha value is -3.27. The van der Waals surface area contributed by atoms with Crippen molar-refractivity contribution in [3.05, 3.63) is 36.7 Å². The number of benzene rings is 1. The van der Waals surface area contributed by atoms with Crippen LogP contribution < -0.4 is 10.1 Å². The van der Waals surface area contributed by atoms with Crippen LogP contribution in [0, 0.1) is 11.8 Å². The number of rotatable bonds is 5. The Morgan fingerprint density at radius 2 is 2.17 bits per heavy atom. The zero-order valence-corrected chi connectivity index (χ0v) is 16.3. The molecule has 10 heteroatoms. The number of nitrogens with one attached hydrogen (secondary N) is 2. The molecule has 0 amide bonds. The number of carbonyl (C=O) groups is 1. The molecular formula is C20H23N7O3. The number of H-pyrrole nitrogens is 1. The summed E-state index contributed by atoms with van der Waals surface area (Å²) in [4.78, 5) is 11.4. The molecule has 1 aliphatic heterocycles. The number of carboxylic acid groups (broad SMARTS) is 1. The van der Waals surface area contributed by atoms with Crippen LogP contribution in [0.4, 0.5) is 0 Å². The number of nitrogens with zero attached hydrogens (tertiary/aromatic N) is 5. The Balaban J connectivity index is 1.39. The summed E-state index contributed by atoms with van der Waals surface area (Å²) in [5.41, 5.74) is 1.64. The highest BCUT2D eigenvalue weighted by Crippen LogP contribution is 2.39. The van der Waals surface area contributed by atoms with Gasteiger partial charge in [0.2, 0.25) is 5.82 Å². The molecule has 1 aromatic carbocycles. The van der Waals surface area contributed by atoms with Gasteiger partial charge in [-0.15, -0.1) is 10.2 Å². The molecule has 2 aromatic heterocycles. The average molecular weight is 409 g/mol. The lowest BCUT2D eigenvalue weighted by Crippen LogP contribution is -2.50. The van der Waals surface area contributed by atoms with E-state index in [-0.39, 0.29) is 6.10 Å². The monoisotopic (exact) mass is 409 g/mol. The Labute approximate surface area is 172 Å². The molecule has 1 saturated carbocycles. The van der Waals surface area contributed by atoms with Crippen molar-refractivity contribution in [1.29, 1.82) is 0 Å². The number of hydrogen-bond acceptors (Lipinski definition) is 7. The van der Waals surface area contributed by atoms with Crippen molar-refractivity contribution in [2.45, 2.75) is 37.8 Å². The molecule has 30 heavy (non-hydrogen) atoms. The fourth-order valence-electron chi connectivity index (χ4n) is 4.63. The van der Waals surface area contributed by atoms with E-state index in [1.54, 1.807) is 10.9 Å². The second kappa shape index (κ2) is 7.86. The summed E-state index contributed by atoms with van der Waals surface area (Å²) < 4.78 is 8.23. The van der Waals surface area contributed by atoms with Crippen LogP contribution in [0.5, 0.6) is 5.75 Å². The summed E-state index contributed by atoms with van der Waals surface area (Å²) in [6.07, 6.45) is 7.05. The van der Waals surface area contributed by atoms with Gasteiger partial charge in [0.15, 0.2) is 0 Å². The highest BCUT2D eigenvalue weighted by Gasteiger charge is 2.38. The van der Waals surface area contributed by atoms with E-state index in [2.05, 4.69) is 31.0 Å². The van der Waals surface area contributed by atoms with Crippen molar-refractivity contribution in [3.63, 3.8) is 0 Å². The molecule has 0 bridgehead atoms. The summed E-state index contributed by atoms with van der Waals surface area (Å²) >= 11 is 0. The maximum absolute atomic E-state index is 11.4. The largest absolute Gasteiger partial charge is 0.490 e. The highest BCUT2D eigenvalue weighted by atomic mass is 16.5. The molecule has 0 unspecified atom stereocenters. The van der Waals surface area contributed by atoms with Crippen LogP contribution in [0.2, 0.25) is 0 Å². The summed E-state index contributed by atoms with van der Waals surface area (Å²) in [6.45, 7) is 0.761. The number of tetrazole rings is 1. The topological polar surface area (TPSA) is 131 Å². The maximum Gasteiger partial charge on any atom is 0.320 e. The molecule has 156 valence electrons. The third-order valence-electron chi connectivity index (χ3n) is 6.17. The Morgan fingerprint density at radius 1 is 1.23 bits per heavy atom. The highest BCUT2D eigenvalue weighted by molar-refractivity contribution is 5.73. The van der Waals surface area contributed by atoms with Gasteiger partial charge in [-0.3, -0.25) is 4.79 Å². The molecule has 4 atom stereocenters. The van der Waals surface area contributed by atoms with E-state index < -0.39 is 12.0 Å². The van der Waals surface area contributed by atoms with Crippen LogP contribution in [0.25, 0.3) is 17.1 Å². The molecule has 5 rings (SSSR count). The maximum atomic E-state index is 11.4. The van der Waals surface area contributed by atoms with Crippen molar-refractivity contribution in [1.82, 2.24) is 35.7 Å². The zero-order chi connectivity index (χ0) is 20.5. The van der Waals surface area contributed by atoms with Gasteiger partial charge in [-0.2, -0.15) is 10.3 Å². The van der Waals surface area contributed by atoms with Gasteiger partial charge in [0.25, 0.3) is 0 Å². The van der Waals surface area contributed by atoms with E-state index in [0.717, 1.165) is 37.1 Å². The molecule has 3 aromatic rings. The fraction of sp³-hybridized carbons (Fsp3) is 0.450. The lowest BCUT2D eigenvalue weighted by molar-refractivity contribution is -0.141. The normalized spacial score (nSPS) is 26.1. The zero-order valence-electron chi connectivity index (χ0n) is 16.3. The van der Waals surface area contributed by atoms with Crippen molar-refractivity contribution in [2.24, 2.45) is 11.8 Å². The van der Waals surface area contributed by atoms with E-state index in [1.807, 2.05) is 30.5 Å². The summed E-state index contributed by atoms with van der Waals surface area (Å²) in [7, 11) is 0. The Morgan fingerprint density at radius 3 is 2.93 bits per heavy atom.